The van der Waals surface area contributed by atoms with Gasteiger partial charge in [-0.15, -0.1) is 0 Å². The maximum absolute atomic E-state index is 12.9. The number of hydrogen-bond donors (Lipinski definition) is 2. The molecule has 154 valence electrons. The van der Waals surface area contributed by atoms with Crippen molar-refractivity contribution in [1.82, 2.24) is 5.32 Å². The molecule has 6 heteroatoms. The maximum atomic E-state index is 12.9. The largest absolute Gasteiger partial charge is 0.478 e. The van der Waals surface area contributed by atoms with Crippen molar-refractivity contribution >= 4 is 29.2 Å². The molecular weight excluding hydrogens is 388 g/mol. The second-order valence-corrected chi connectivity index (χ2v) is 8.46. The Bertz CT molecular complexity index is 872. The number of halogens is 1. The Kier molecular flexibility index (Phi) is 6.80. The first-order valence-corrected chi connectivity index (χ1v) is 10.4. The molecular formula is C23H27ClN2O3. The predicted octanol–water partition coefficient (Wildman–Crippen LogP) is 4.49. The molecule has 1 heterocycles. The summed E-state index contributed by atoms with van der Waals surface area (Å²) in [4.78, 5) is 26.1. The van der Waals surface area contributed by atoms with Gasteiger partial charge >= 0.3 is 5.97 Å². The molecule has 5 nitrogen and oxygen atoms in total. The van der Waals surface area contributed by atoms with Crippen molar-refractivity contribution in [2.45, 2.75) is 26.7 Å². The highest BCUT2D eigenvalue weighted by Gasteiger charge is 2.25. The number of piperidine rings is 1. The molecule has 0 saturated carbocycles. The van der Waals surface area contributed by atoms with Crippen LogP contribution in [0.25, 0.3) is 0 Å². The number of nitrogens with one attached hydrogen (secondary N) is 1. The molecule has 1 aliphatic heterocycles. The second-order valence-electron chi connectivity index (χ2n) is 8.02. The van der Waals surface area contributed by atoms with Crippen LogP contribution in [0.15, 0.2) is 42.5 Å². The quantitative estimate of drug-likeness (QED) is 0.730. The summed E-state index contributed by atoms with van der Waals surface area (Å²) < 4.78 is 0. The molecule has 2 N–H and O–H groups in total. The van der Waals surface area contributed by atoms with Gasteiger partial charge in [-0.3, -0.25) is 4.79 Å². The van der Waals surface area contributed by atoms with Gasteiger partial charge in [0.15, 0.2) is 0 Å². The summed E-state index contributed by atoms with van der Waals surface area (Å²) in [6.07, 6.45) is 1.83. The van der Waals surface area contributed by atoms with E-state index in [1.165, 1.54) is 6.42 Å². The summed E-state index contributed by atoms with van der Waals surface area (Å²) in [5, 5.41) is 12.5. The third-order valence-electron chi connectivity index (χ3n) is 5.31. The lowest BCUT2D eigenvalue weighted by molar-refractivity contribution is 0.0696. The molecule has 1 aliphatic rings. The van der Waals surface area contributed by atoms with Crippen LogP contribution in [0.1, 0.15) is 46.5 Å². The Morgan fingerprint density at radius 2 is 1.76 bits per heavy atom. The first-order chi connectivity index (χ1) is 13.8. The Labute approximate surface area is 176 Å². The SMILES string of the molecule is C[C@@H]1C[C@@H](C)CN(c2ccc(Cl)cc2C(=O)NCCc2ccc(C(=O)O)cc2)C1. The fourth-order valence-electron chi connectivity index (χ4n) is 4.06. The molecule has 0 radical (unpaired) electrons. The predicted molar refractivity (Wildman–Crippen MR) is 116 cm³/mol. The number of benzene rings is 2. The van der Waals surface area contributed by atoms with Gasteiger partial charge in [-0.25, -0.2) is 4.79 Å². The van der Waals surface area contributed by atoms with Crippen molar-refractivity contribution in [1.29, 1.82) is 0 Å². The van der Waals surface area contributed by atoms with E-state index in [1.54, 1.807) is 30.3 Å². The monoisotopic (exact) mass is 414 g/mol. The number of nitrogens with zero attached hydrogens (tertiary/aromatic N) is 1. The van der Waals surface area contributed by atoms with Crippen LogP contribution in [-0.2, 0) is 6.42 Å². The molecule has 29 heavy (non-hydrogen) atoms. The van der Waals surface area contributed by atoms with Crippen molar-refractivity contribution < 1.29 is 14.7 Å². The van der Waals surface area contributed by atoms with E-state index in [0.717, 1.165) is 24.3 Å². The van der Waals surface area contributed by atoms with Crippen LogP contribution >= 0.6 is 11.6 Å². The van der Waals surface area contributed by atoms with E-state index in [-0.39, 0.29) is 11.5 Å². The molecule has 1 fully saturated rings. The van der Waals surface area contributed by atoms with E-state index in [2.05, 4.69) is 24.1 Å². The third-order valence-corrected chi connectivity index (χ3v) is 5.55. The van der Waals surface area contributed by atoms with E-state index >= 15 is 0 Å². The van der Waals surface area contributed by atoms with Gasteiger partial charge in [0.2, 0.25) is 0 Å². The number of aromatic carboxylic acids is 1. The van der Waals surface area contributed by atoms with Gasteiger partial charge in [-0.2, -0.15) is 0 Å². The third kappa shape index (κ3) is 5.51. The lowest BCUT2D eigenvalue weighted by Crippen LogP contribution is -2.40. The van der Waals surface area contributed by atoms with Gasteiger partial charge < -0.3 is 15.3 Å². The van der Waals surface area contributed by atoms with Crippen molar-refractivity contribution in [3.8, 4) is 0 Å². The van der Waals surface area contributed by atoms with Gasteiger partial charge in [0.05, 0.1) is 11.1 Å². The molecule has 0 aliphatic carbocycles. The molecule has 0 bridgehead atoms. The van der Waals surface area contributed by atoms with E-state index < -0.39 is 5.97 Å². The van der Waals surface area contributed by atoms with E-state index in [4.69, 9.17) is 16.7 Å². The van der Waals surface area contributed by atoms with E-state index in [0.29, 0.717) is 35.4 Å². The van der Waals surface area contributed by atoms with Crippen LogP contribution in [0.4, 0.5) is 5.69 Å². The van der Waals surface area contributed by atoms with Gasteiger partial charge in [0, 0.05) is 30.3 Å². The normalized spacial score (nSPS) is 19.1. The smallest absolute Gasteiger partial charge is 0.335 e. The summed E-state index contributed by atoms with van der Waals surface area (Å²) in [7, 11) is 0. The van der Waals surface area contributed by atoms with Crippen LogP contribution < -0.4 is 10.2 Å². The van der Waals surface area contributed by atoms with Crippen LogP contribution in [0.2, 0.25) is 5.02 Å². The van der Waals surface area contributed by atoms with E-state index in [9.17, 15) is 9.59 Å². The van der Waals surface area contributed by atoms with Crippen LogP contribution in [-0.4, -0.2) is 36.6 Å². The van der Waals surface area contributed by atoms with Crippen LogP contribution in [0.5, 0.6) is 0 Å². The zero-order valence-corrected chi connectivity index (χ0v) is 17.6. The zero-order chi connectivity index (χ0) is 21.0. The van der Waals surface area contributed by atoms with Gasteiger partial charge in [0.25, 0.3) is 5.91 Å². The fraction of sp³-hybridized carbons (Fsp3) is 0.391. The standard InChI is InChI=1S/C23H27ClN2O3/c1-15-11-16(2)14-26(13-15)21-8-7-19(24)12-20(21)22(27)25-10-9-17-3-5-18(6-4-17)23(28)29/h3-8,12,15-16H,9-11,13-14H2,1-2H3,(H,25,27)(H,28,29)/t15-,16-/m1/s1. The Balaban J connectivity index is 1.67. The number of carbonyl (C=O) groups is 2. The maximum Gasteiger partial charge on any atom is 0.335 e. The number of amides is 1. The molecule has 0 spiro atoms. The molecule has 3 rings (SSSR count). The highest BCUT2D eigenvalue weighted by Crippen LogP contribution is 2.30. The Morgan fingerprint density at radius 3 is 2.38 bits per heavy atom. The highest BCUT2D eigenvalue weighted by molar-refractivity contribution is 6.31. The van der Waals surface area contributed by atoms with Crippen LogP contribution in [0.3, 0.4) is 0 Å². The number of hydrogen-bond acceptors (Lipinski definition) is 3. The minimum Gasteiger partial charge on any atom is -0.478 e. The number of carboxylic acid groups (broad SMARTS) is 1. The molecule has 2 aromatic carbocycles. The van der Waals surface area contributed by atoms with Gasteiger partial charge in [0.1, 0.15) is 0 Å². The van der Waals surface area contributed by atoms with Crippen molar-refractivity contribution in [3.63, 3.8) is 0 Å². The summed E-state index contributed by atoms with van der Waals surface area (Å²) in [5.41, 5.74) is 2.75. The lowest BCUT2D eigenvalue weighted by Gasteiger charge is -2.37. The van der Waals surface area contributed by atoms with Crippen molar-refractivity contribution in [2.75, 3.05) is 24.5 Å². The average molecular weight is 415 g/mol. The highest BCUT2D eigenvalue weighted by atomic mass is 35.5. The molecule has 1 amide bonds. The second kappa shape index (κ2) is 9.31. The average Bonchev–Trinajstić information content (AvgIpc) is 2.67. The lowest BCUT2D eigenvalue weighted by atomic mass is 9.91. The summed E-state index contributed by atoms with van der Waals surface area (Å²) in [5.74, 6) is 0.0773. The number of carbonyl (C=O) groups excluding carboxylic acids is 1. The molecule has 2 atom stereocenters. The summed E-state index contributed by atoms with van der Waals surface area (Å²) in [6, 6.07) is 12.2. The number of carboxylic acids is 1. The number of anilines is 1. The zero-order valence-electron chi connectivity index (χ0n) is 16.8. The first kappa shape index (κ1) is 21.2. The Hall–Kier alpha value is -2.53. The van der Waals surface area contributed by atoms with Gasteiger partial charge in [-0.1, -0.05) is 37.6 Å². The topological polar surface area (TPSA) is 69.6 Å². The summed E-state index contributed by atoms with van der Waals surface area (Å²) in [6.45, 7) is 6.82. The Morgan fingerprint density at radius 1 is 1.10 bits per heavy atom. The minimum atomic E-state index is -0.945. The molecule has 2 aromatic rings. The van der Waals surface area contributed by atoms with Crippen molar-refractivity contribution in [3.05, 3.63) is 64.2 Å². The van der Waals surface area contributed by atoms with Crippen LogP contribution in [0, 0.1) is 11.8 Å². The molecule has 0 aromatic heterocycles. The van der Waals surface area contributed by atoms with E-state index in [1.807, 2.05) is 12.1 Å². The van der Waals surface area contributed by atoms with Gasteiger partial charge in [-0.05, 0) is 60.6 Å². The van der Waals surface area contributed by atoms with Crippen molar-refractivity contribution in [2.24, 2.45) is 11.8 Å². The summed E-state index contributed by atoms with van der Waals surface area (Å²) >= 11 is 6.18. The molecule has 1 saturated heterocycles. The minimum absolute atomic E-state index is 0.143. The number of rotatable bonds is 6. The fourth-order valence-corrected chi connectivity index (χ4v) is 4.23. The molecule has 0 unspecified atom stereocenters. The first-order valence-electron chi connectivity index (χ1n) is 9.98.